The van der Waals surface area contributed by atoms with Gasteiger partial charge in [-0.15, -0.1) is 0 Å². The van der Waals surface area contributed by atoms with Gasteiger partial charge in [-0.2, -0.15) is 5.10 Å². The second-order valence-electron chi connectivity index (χ2n) is 6.12. The van der Waals surface area contributed by atoms with Crippen LogP contribution in [-0.4, -0.2) is 14.9 Å². The summed E-state index contributed by atoms with van der Waals surface area (Å²) in [5, 5.41) is 14.5. The second-order valence-corrected chi connectivity index (χ2v) is 6.55. The van der Waals surface area contributed by atoms with Crippen molar-refractivity contribution >= 4 is 17.7 Å². The van der Waals surface area contributed by atoms with E-state index in [4.69, 9.17) is 11.6 Å². The summed E-state index contributed by atoms with van der Waals surface area (Å²) in [7, 11) is 0. The Balaban J connectivity index is 1.93. The van der Waals surface area contributed by atoms with Gasteiger partial charge in [-0.05, 0) is 54.4 Å². The van der Waals surface area contributed by atoms with Gasteiger partial charge in [-0.25, -0.2) is 9.07 Å². The van der Waals surface area contributed by atoms with Crippen LogP contribution in [0.5, 0.6) is 0 Å². The molecule has 0 amide bonds. The molecule has 6 heteroatoms. The van der Waals surface area contributed by atoms with Crippen molar-refractivity contribution in [3.05, 3.63) is 92.5 Å². The van der Waals surface area contributed by atoms with Crippen LogP contribution in [0.4, 0.5) is 4.39 Å². The van der Waals surface area contributed by atoms with Crippen molar-refractivity contribution in [2.75, 3.05) is 0 Å². The highest BCUT2D eigenvalue weighted by Crippen LogP contribution is 2.20. The van der Waals surface area contributed by atoms with E-state index in [1.54, 1.807) is 37.3 Å². The third-order valence-corrected chi connectivity index (χ3v) is 4.38. The monoisotopic (exact) mass is 384 g/mol. The van der Waals surface area contributed by atoms with Crippen LogP contribution >= 0.6 is 11.6 Å². The van der Waals surface area contributed by atoms with Crippen LogP contribution in [0.1, 0.15) is 16.7 Å². The predicted molar refractivity (Wildman–Crippen MR) is 105 cm³/mol. The maximum Gasteiger partial charge on any atom is 0.272 e. The molecule has 27 heavy (non-hydrogen) atoms. The first-order valence-electron chi connectivity index (χ1n) is 8.38. The Morgan fingerprint density at radius 2 is 1.93 bits per heavy atom. The molecular formula is C21H18ClFN2O2. The smallest absolute Gasteiger partial charge is 0.272 e. The normalized spacial score (nSPS) is 11.3. The van der Waals surface area contributed by atoms with Crippen molar-refractivity contribution in [3.8, 4) is 11.3 Å². The number of aliphatic hydroxyl groups excluding tert-OH is 1. The van der Waals surface area contributed by atoms with Gasteiger partial charge in [0.05, 0.1) is 18.8 Å². The fourth-order valence-electron chi connectivity index (χ4n) is 2.64. The molecule has 0 aliphatic carbocycles. The first-order valence-corrected chi connectivity index (χ1v) is 8.76. The van der Waals surface area contributed by atoms with E-state index in [1.165, 1.54) is 16.8 Å². The maximum absolute atomic E-state index is 13.5. The number of allylic oxidation sites excluding steroid dienone is 1. The summed E-state index contributed by atoms with van der Waals surface area (Å²) in [6.07, 6.45) is 3.66. The minimum absolute atomic E-state index is 0.238. The number of aromatic nitrogens is 2. The maximum atomic E-state index is 13.5. The van der Waals surface area contributed by atoms with Crippen LogP contribution in [0.25, 0.3) is 17.3 Å². The van der Waals surface area contributed by atoms with Gasteiger partial charge in [0, 0.05) is 16.1 Å². The van der Waals surface area contributed by atoms with Gasteiger partial charge in [-0.1, -0.05) is 35.9 Å². The molecule has 0 fully saturated rings. The fraction of sp³-hybridized carbons (Fsp3) is 0.143. The summed E-state index contributed by atoms with van der Waals surface area (Å²) in [6.45, 7) is 1.51. The molecule has 0 saturated heterocycles. The van der Waals surface area contributed by atoms with Gasteiger partial charge >= 0.3 is 0 Å². The van der Waals surface area contributed by atoms with E-state index in [0.717, 1.165) is 5.56 Å². The molecular weight excluding hydrogens is 367 g/mol. The molecule has 0 spiro atoms. The lowest BCUT2D eigenvalue weighted by Gasteiger charge is -2.09. The standard InChI is InChI=1S/C21H18ClFN2O2/c1-14-11-16(6-9-19(14)23)20-12-17(13-26)21(27)25(24-20)10-2-3-15-4-7-18(22)8-5-15/h2-9,11-12,26H,10,13H2,1H3/b3-2+. The van der Waals surface area contributed by atoms with Crippen LogP contribution in [0, 0.1) is 12.7 Å². The van der Waals surface area contributed by atoms with Crippen LogP contribution < -0.4 is 5.56 Å². The van der Waals surface area contributed by atoms with Crippen molar-refractivity contribution in [1.82, 2.24) is 9.78 Å². The molecule has 0 radical (unpaired) electrons. The number of halogens is 2. The molecule has 0 aliphatic rings. The topological polar surface area (TPSA) is 55.1 Å². The van der Waals surface area contributed by atoms with Crippen molar-refractivity contribution in [2.24, 2.45) is 0 Å². The molecule has 138 valence electrons. The third-order valence-electron chi connectivity index (χ3n) is 4.13. The Labute approximate surface area is 161 Å². The van der Waals surface area contributed by atoms with E-state index in [9.17, 15) is 14.3 Å². The lowest BCUT2D eigenvalue weighted by molar-refractivity contribution is 0.278. The molecule has 0 bridgehead atoms. The van der Waals surface area contributed by atoms with E-state index >= 15 is 0 Å². The lowest BCUT2D eigenvalue weighted by Crippen LogP contribution is -2.26. The van der Waals surface area contributed by atoms with E-state index in [0.29, 0.717) is 21.8 Å². The zero-order chi connectivity index (χ0) is 19.4. The summed E-state index contributed by atoms with van der Waals surface area (Å²) < 4.78 is 14.8. The Bertz CT molecular complexity index is 1040. The zero-order valence-electron chi connectivity index (χ0n) is 14.7. The predicted octanol–water partition coefficient (Wildman–Crippen LogP) is 4.22. The Kier molecular flexibility index (Phi) is 5.84. The Hall–Kier alpha value is -2.76. The molecule has 4 nitrogen and oxygen atoms in total. The van der Waals surface area contributed by atoms with Gasteiger partial charge in [0.25, 0.3) is 5.56 Å². The number of hydrogen-bond acceptors (Lipinski definition) is 3. The minimum atomic E-state index is -0.393. The Morgan fingerprint density at radius 1 is 1.19 bits per heavy atom. The number of rotatable bonds is 5. The van der Waals surface area contributed by atoms with E-state index in [2.05, 4.69) is 5.10 Å². The van der Waals surface area contributed by atoms with Crippen LogP contribution in [0.3, 0.4) is 0 Å². The van der Waals surface area contributed by atoms with Crippen molar-refractivity contribution in [2.45, 2.75) is 20.1 Å². The average Bonchev–Trinajstić information content (AvgIpc) is 2.67. The molecule has 0 saturated carbocycles. The highest BCUT2D eigenvalue weighted by Gasteiger charge is 2.10. The van der Waals surface area contributed by atoms with Crippen molar-refractivity contribution in [3.63, 3.8) is 0 Å². The van der Waals surface area contributed by atoms with Crippen LogP contribution in [0.2, 0.25) is 5.02 Å². The number of benzene rings is 2. The van der Waals surface area contributed by atoms with Crippen molar-refractivity contribution in [1.29, 1.82) is 0 Å². The third kappa shape index (κ3) is 4.51. The molecule has 0 atom stereocenters. The summed E-state index contributed by atoms with van der Waals surface area (Å²) in [6, 6.07) is 13.5. The highest BCUT2D eigenvalue weighted by atomic mass is 35.5. The molecule has 1 heterocycles. The summed E-state index contributed by atoms with van der Waals surface area (Å²) in [5.41, 5.74) is 2.49. The molecule has 1 aromatic heterocycles. The molecule has 0 aliphatic heterocycles. The zero-order valence-corrected chi connectivity index (χ0v) is 15.4. The van der Waals surface area contributed by atoms with Crippen molar-refractivity contribution < 1.29 is 9.50 Å². The van der Waals surface area contributed by atoms with E-state index in [1.807, 2.05) is 18.2 Å². The lowest BCUT2D eigenvalue weighted by atomic mass is 10.1. The van der Waals surface area contributed by atoms with Gasteiger partial charge in [0.2, 0.25) is 0 Å². The highest BCUT2D eigenvalue weighted by molar-refractivity contribution is 6.30. The molecule has 2 aromatic carbocycles. The SMILES string of the molecule is Cc1cc(-c2cc(CO)c(=O)n(C/C=C/c3ccc(Cl)cc3)n2)ccc1F. The van der Waals surface area contributed by atoms with E-state index < -0.39 is 6.61 Å². The van der Waals surface area contributed by atoms with Gasteiger partial charge in [-0.3, -0.25) is 4.79 Å². The van der Waals surface area contributed by atoms with E-state index in [-0.39, 0.29) is 23.5 Å². The Morgan fingerprint density at radius 3 is 2.59 bits per heavy atom. The molecule has 3 aromatic rings. The number of aliphatic hydroxyl groups is 1. The second kappa shape index (κ2) is 8.29. The number of aryl methyl sites for hydroxylation is 1. The van der Waals surface area contributed by atoms with Crippen LogP contribution in [0.15, 0.2) is 59.4 Å². The number of nitrogens with zero attached hydrogens (tertiary/aromatic N) is 2. The van der Waals surface area contributed by atoms with Gasteiger partial charge in [0.15, 0.2) is 0 Å². The molecule has 1 N–H and O–H groups in total. The average molecular weight is 385 g/mol. The fourth-order valence-corrected chi connectivity index (χ4v) is 2.77. The first-order chi connectivity index (χ1) is 13.0. The summed E-state index contributed by atoms with van der Waals surface area (Å²) >= 11 is 5.87. The molecule has 3 rings (SSSR count). The largest absolute Gasteiger partial charge is 0.391 e. The summed E-state index contributed by atoms with van der Waals surface area (Å²) in [5.74, 6) is -0.305. The first kappa shape index (κ1) is 19.0. The van der Waals surface area contributed by atoms with Gasteiger partial charge < -0.3 is 5.11 Å². The molecule has 0 unspecified atom stereocenters. The quantitative estimate of drug-likeness (QED) is 0.716. The van der Waals surface area contributed by atoms with Gasteiger partial charge in [0.1, 0.15) is 5.82 Å². The number of hydrogen-bond donors (Lipinski definition) is 1. The minimum Gasteiger partial charge on any atom is -0.391 e. The van der Waals surface area contributed by atoms with Crippen LogP contribution in [-0.2, 0) is 13.2 Å². The summed E-state index contributed by atoms with van der Waals surface area (Å²) in [4.78, 5) is 12.4.